The van der Waals surface area contributed by atoms with Crippen LogP contribution >= 0.6 is 11.8 Å². The summed E-state index contributed by atoms with van der Waals surface area (Å²) >= 11 is 1.59. The summed E-state index contributed by atoms with van der Waals surface area (Å²) in [6, 6.07) is 12.5. The van der Waals surface area contributed by atoms with Crippen LogP contribution in [0.1, 0.15) is 0 Å². The topological polar surface area (TPSA) is 66.4 Å². The molecule has 0 aromatic heterocycles. The Hall–Kier alpha value is -1.66. The van der Waals surface area contributed by atoms with Crippen LogP contribution in [0.2, 0.25) is 0 Å². The fraction of sp³-hybridized carbons (Fsp3) is 0.0769. The van der Waals surface area contributed by atoms with Crippen molar-refractivity contribution in [3.63, 3.8) is 0 Å². The van der Waals surface area contributed by atoms with Gasteiger partial charge in [-0.2, -0.15) is 0 Å². The highest BCUT2D eigenvalue weighted by Gasteiger charge is 2.13. The van der Waals surface area contributed by atoms with Crippen LogP contribution in [0.5, 0.6) is 5.75 Å². The second kappa shape index (κ2) is 5.54. The van der Waals surface area contributed by atoms with Gasteiger partial charge in [0.05, 0.1) is 4.90 Å². The maximum atomic E-state index is 12.1. The van der Waals surface area contributed by atoms with Gasteiger partial charge in [-0.25, -0.2) is 8.42 Å². The van der Waals surface area contributed by atoms with E-state index in [1.165, 1.54) is 24.3 Å². The maximum Gasteiger partial charge on any atom is 0.261 e. The molecule has 0 spiro atoms. The number of benzene rings is 2. The predicted molar refractivity (Wildman–Crippen MR) is 77.1 cm³/mol. The molecular formula is C13H13NO3S2. The lowest BCUT2D eigenvalue weighted by atomic mass is 10.3. The van der Waals surface area contributed by atoms with Crippen molar-refractivity contribution in [1.29, 1.82) is 0 Å². The Kier molecular flexibility index (Phi) is 4.01. The number of nitrogens with one attached hydrogen (secondary N) is 1. The second-order valence-electron chi connectivity index (χ2n) is 3.83. The molecule has 19 heavy (non-hydrogen) atoms. The summed E-state index contributed by atoms with van der Waals surface area (Å²) in [5, 5.41) is 9.15. The van der Waals surface area contributed by atoms with Gasteiger partial charge in [-0.3, -0.25) is 4.72 Å². The molecule has 0 atom stereocenters. The van der Waals surface area contributed by atoms with Gasteiger partial charge >= 0.3 is 0 Å². The number of hydrogen-bond donors (Lipinski definition) is 2. The summed E-state index contributed by atoms with van der Waals surface area (Å²) in [5.74, 6) is 0.0308. The van der Waals surface area contributed by atoms with Crippen LogP contribution in [0.25, 0.3) is 0 Å². The molecule has 0 radical (unpaired) electrons. The Morgan fingerprint density at radius 3 is 2.11 bits per heavy atom. The summed E-state index contributed by atoms with van der Waals surface area (Å²) < 4.78 is 26.6. The molecule has 0 saturated carbocycles. The van der Waals surface area contributed by atoms with Crippen LogP contribution in [0.15, 0.2) is 58.3 Å². The fourth-order valence-corrected chi connectivity index (χ4v) is 2.97. The van der Waals surface area contributed by atoms with Gasteiger partial charge in [0.2, 0.25) is 0 Å². The molecule has 2 aromatic rings. The third kappa shape index (κ3) is 3.42. The van der Waals surface area contributed by atoms with Crippen molar-refractivity contribution < 1.29 is 13.5 Å². The Bertz CT molecular complexity index is 649. The van der Waals surface area contributed by atoms with E-state index in [1.807, 2.05) is 18.4 Å². The van der Waals surface area contributed by atoms with Crippen LogP contribution in [0.3, 0.4) is 0 Å². The van der Waals surface area contributed by atoms with E-state index in [2.05, 4.69) is 4.72 Å². The molecule has 2 rings (SSSR count). The average Bonchev–Trinajstić information content (AvgIpc) is 2.40. The number of phenols is 1. The molecule has 2 aromatic carbocycles. The van der Waals surface area contributed by atoms with Gasteiger partial charge in [0.15, 0.2) is 0 Å². The zero-order valence-electron chi connectivity index (χ0n) is 10.2. The standard InChI is InChI=1S/C13H13NO3S2/c1-18-12-6-2-10(3-7-12)14-19(16,17)13-8-4-11(15)5-9-13/h2-9,14-15H,1H3. The molecule has 0 bridgehead atoms. The van der Waals surface area contributed by atoms with E-state index in [-0.39, 0.29) is 10.6 Å². The summed E-state index contributed by atoms with van der Waals surface area (Å²) in [6.07, 6.45) is 1.95. The third-order valence-electron chi connectivity index (χ3n) is 2.49. The van der Waals surface area contributed by atoms with E-state index in [1.54, 1.807) is 23.9 Å². The first-order chi connectivity index (χ1) is 9.01. The molecule has 0 aliphatic carbocycles. The first-order valence-electron chi connectivity index (χ1n) is 5.47. The zero-order valence-corrected chi connectivity index (χ0v) is 11.8. The van der Waals surface area contributed by atoms with E-state index in [4.69, 9.17) is 5.11 Å². The third-order valence-corrected chi connectivity index (χ3v) is 4.63. The lowest BCUT2D eigenvalue weighted by Gasteiger charge is -2.08. The Balaban J connectivity index is 2.23. The average molecular weight is 295 g/mol. The lowest BCUT2D eigenvalue weighted by Crippen LogP contribution is -2.12. The van der Waals surface area contributed by atoms with E-state index < -0.39 is 10.0 Å². The van der Waals surface area contributed by atoms with Gasteiger partial charge in [-0.1, -0.05) is 0 Å². The van der Waals surface area contributed by atoms with Crippen molar-refractivity contribution in [2.75, 3.05) is 11.0 Å². The van der Waals surface area contributed by atoms with Crippen LogP contribution in [0, 0.1) is 0 Å². The molecule has 0 fully saturated rings. The summed E-state index contributed by atoms with van der Waals surface area (Å²) in [7, 11) is -3.62. The van der Waals surface area contributed by atoms with E-state index in [9.17, 15) is 8.42 Å². The molecule has 2 N–H and O–H groups in total. The quantitative estimate of drug-likeness (QED) is 0.851. The van der Waals surface area contributed by atoms with Gasteiger partial charge in [0.1, 0.15) is 5.75 Å². The molecule has 6 heteroatoms. The van der Waals surface area contributed by atoms with Crippen LogP contribution in [-0.2, 0) is 10.0 Å². The van der Waals surface area contributed by atoms with Gasteiger partial charge in [-0.05, 0) is 54.8 Å². The predicted octanol–water partition coefficient (Wildman–Crippen LogP) is 2.91. The van der Waals surface area contributed by atoms with Gasteiger partial charge in [0, 0.05) is 10.6 Å². The van der Waals surface area contributed by atoms with E-state index in [0.29, 0.717) is 5.69 Å². The molecule has 0 amide bonds. The number of thioether (sulfide) groups is 1. The number of hydrogen-bond acceptors (Lipinski definition) is 4. The highest BCUT2D eigenvalue weighted by atomic mass is 32.2. The molecule has 0 heterocycles. The Morgan fingerprint density at radius 2 is 1.58 bits per heavy atom. The maximum absolute atomic E-state index is 12.1. The molecule has 100 valence electrons. The van der Waals surface area contributed by atoms with Crippen molar-refractivity contribution >= 4 is 27.5 Å². The van der Waals surface area contributed by atoms with Gasteiger partial charge in [0.25, 0.3) is 10.0 Å². The molecular weight excluding hydrogens is 282 g/mol. The monoisotopic (exact) mass is 295 g/mol. The lowest BCUT2D eigenvalue weighted by molar-refractivity contribution is 0.475. The van der Waals surface area contributed by atoms with Crippen LogP contribution in [0.4, 0.5) is 5.69 Å². The molecule has 0 aliphatic rings. The van der Waals surface area contributed by atoms with E-state index >= 15 is 0 Å². The number of phenolic OH excluding ortho intramolecular Hbond substituents is 1. The van der Waals surface area contributed by atoms with Crippen molar-refractivity contribution in [2.45, 2.75) is 9.79 Å². The number of rotatable bonds is 4. The summed E-state index contributed by atoms with van der Waals surface area (Å²) in [6.45, 7) is 0. The van der Waals surface area contributed by atoms with Gasteiger partial charge < -0.3 is 5.11 Å². The smallest absolute Gasteiger partial charge is 0.261 e. The highest BCUT2D eigenvalue weighted by Crippen LogP contribution is 2.21. The van der Waals surface area contributed by atoms with E-state index in [0.717, 1.165) is 4.90 Å². The SMILES string of the molecule is CSc1ccc(NS(=O)(=O)c2ccc(O)cc2)cc1. The molecule has 4 nitrogen and oxygen atoms in total. The number of sulfonamides is 1. The van der Waals surface area contributed by atoms with Crippen LogP contribution in [-0.4, -0.2) is 19.8 Å². The molecule has 0 saturated heterocycles. The van der Waals surface area contributed by atoms with Crippen molar-refractivity contribution in [1.82, 2.24) is 0 Å². The number of anilines is 1. The second-order valence-corrected chi connectivity index (χ2v) is 6.39. The highest BCUT2D eigenvalue weighted by molar-refractivity contribution is 7.98. The van der Waals surface area contributed by atoms with Crippen molar-refractivity contribution in [3.05, 3.63) is 48.5 Å². The minimum atomic E-state index is -3.62. The minimum absolute atomic E-state index is 0.0308. The minimum Gasteiger partial charge on any atom is -0.508 e. The zero-order chi connectivity index (χ0) is 13.9. The van der Waals surface area contributed by atoms with Gasteiger partial charge in [-0.15, -0.1) is 11.8 Å². The molecule has 0 unspecified atom stereocenters. The largest absolute Gasteiger partial charge is 0.508 e. The van der Waals surface area contributed by atoms with Crippen molar-refractivity contribution in [2.24, 2.45) is 0 Å². The Morgan fingerprint density at radius 1 is 1.00 bits per heavy atom. The summed E-state index contributed by atoms with van der Waals surface area (Å²) in [4.78, 5) is 1.17. The number of aromatic hydroxyl groups is 1. The van der Waals surface area contributed by atoms with Crippen molar-refractivity contribution in [3.8, 4) is 5.75 Å². The first kappa shape index (κ1) is 13.8. The van der Waals surface area contributed by atoms with Crippen LogP contribution < -0.4 is 4.72 Å². The normalized spacial score (nSPS) is 11.2. The first-order valence-corrected chi connectivity index (χ1v) is 8.18. The Labute approximate surface area is 116 Å². The fourth-order valence-electron chi connectivity index (χ4n) is 1.50. The summed E-state index contributed by atoms with van der Waals surface area (Å²) in [5.41, 5.74) is 0.505. The molecule has 0 aliphatic heterocycles.